The zero-order valence-electron chi connectivity index (χ0n) is 20.2. The molecule has 9 nitrogen and oxygen atoms in total. The lowest BCUT2D eigenvalue weighted by Gasteiger charge is -2.25. The summed E-state index contributed by atoms with van der Waals surface area (Å²) in [4.78, 5) is 55.3. The lowest BCUT2D eigenvalue weighted by molar-refractivity contribution is -0.116. The molecule has 196 valence electrons. The Balaban J connectivity index is 1.65. The highest BCUT2D eigenvalue weighted by Crippen LogP contribution is 2.33. The van der Waals surface area contributed by atoms with Crippen LogP contribution in [0.15, 0.2) is 58.1 Å². The van der Waals surface area contributed by atoms with Crippen LogP contribution in [-0.4, -0.2) is 39.2 Å². The van der Waals surface area contributed by atoms with Crippen molar-refractivity contribution in [1.82, 2.24) is 14.0 Å². The molecule has 0 spiro atoms. The third kappa shape index (κ3) is 4.70. The van der Waals surface area contributed by atoms with E-state index in [2.05, 4.69) is 5.32 Å². The number of amides is 2. The number of halogens is 2. The van der Waals surface area contributed by atoms with Crippen LogP contribution in [0.5, 0.6) is 0 Å². The van der Waals surface area contributed by atoms with E-state index in [1.54, 1.807) is 37.3 Å². The van der Waals surface area contributed by atoms with Crippen molar-refractivity contribution in [1.29, 1.82) is 0 Å². The fraction of sp³-hybridized carbons (Fsp3) is 0.231. The molecule has 2 amide bonds. The molecule has 0 unspecified atom stereocenters. The van der Waals surface area contributed by atoms with Gasteiger partial charge in [0.1, 0.15) is 17.2 Å². The molecule has 3 heterocycles. The van der Waals surface area contributed by atoms with Gasteiger partial charge >= 0.3 is 11.8 Å². The lowest BCUT2D eigenvalue weighted by Crippen LogP contribution is -2.41. The summed E-state index contributed by atoms with van der Waals surface area (Å²) in [5, 5.41) is 3.22. The minimum absolute atomic E-state index is 0.0247. The van der Waals surface area contributed by atoms with Crippen LogP contribution in [0.25, 0.3) is 15.9 Å². The number of benzene rings is 2. The smallest absolute Gasteiger partial charge is 0.410 e. The van der Waals surface area contributed by atoms with Gasteiger partial charge in [-0.1, -0.05) is 23.7 Å². The fourth-order valence-electron chi connectivity index (χ4n) is 4.43. The van der Waals surface area contributed by atoms with Crippen LogP contribution in [0.2, 0.25) is 5.02 Å². The van der Waals surface area contributed by atoms with Crippen LogP contribution < -0.4 is 16.6 Å². The second-order valence-corrected chi connectivity index (χ2v) is 10.1. The van der Waals surface area contributed by atoms with Crippen LogP contribution in [-0.2, 0) is 29.0 Å². The zero-order valence-corrected chi connectivity index (χ0v) is 21.8. The van der Waals surface area contributed by atoms with Crippen LogP contribution >= 0.6 is 22.9 Å². The van der Waals surface area contributed by atoms with Crippen molar-refractivity contribution in [2.75, 3.05) is 18.5 Å². The average Bonchev–Trinajstić information content (AvgIpc) is 3.28. The van der Waals surface area contributed by atoms with E-state index >= 15 is 0 Å². The Morgan fingerprint density at radius 3 is 2.58 bits per heavy atom. The molecule has 5 rings (SSSR count). The van der Waals surface area contributed by atoms with E-state index in [1.165, 1.54) is 39.0 Å². The van der Waals surface area contributed by atoms with Gasteiger partial charge in [0.05, 0.1) is 29.9 Å². The van der Waals surface area contributed by atoms with E-state index in [1.807, 2.05) is 0 Å². The van der Waals surface area contributed by atoms with E-state index in [-0.39, 0.29) is 18.8 Å². The van der Waals surface area contributed by atoms with E-state index in [0.717, 1.165) is 15.0 Å². The SMILES string of the molecule is CCOC(=O)N1CCc2c(sc3c2c(=O)n(-c2ccc(Cl)cc2)c(=O)n3CC(=O)Nc2ccccc2F)C1. The minimum Gasteiger partial charge on any atom is -0.450 e. The maximum absolute atomic E-state index is 14.1. The average molecular weight is 557 g/mol. The maximum atomic E-state index is 14.1. The first-order valence-electron chi connectivity index (χ1n) is 11.8. The van der Waals surface area contributed by atoms with Gasteiger partial charge in [0.2, 0.25) is 5.91 Å². The molecule has 0 saturated heterocycles. The van der Waals surface area contributed by atoms with E-state index in [9.17, 15) is 23.6 Å². The number of carbonyl (C=O) groups excluding carboxylic acids is 2. The quantitative estimate of drug-likeness (QED) is 0.398. The molecule has 1 aliphatic rings. The second kappa shape index (κ2) is 10.4. The van der Waals surface area contributed by atoms with Gasteiger partial charge in [-0.2, -0.15) is 0 Å². The van der Waals surface area contributed by atoms with E-state index in [4.69, 9.17) is 16.3 Å². The lowest BCUT2D eigenvalue weighted by atomic mass is 10.1. The van der Waals surface area contributed by atoms with Gasteiger partial charge in [0.25, 0.3) is 5.56 Å². The molecule has 2 aromatic heterocycles. The maximum Gasteiger partial charge on any atom is 0.410 e. The van der Waals surface area contributed by atoms with Crippen LogP contribution in [0.1, 0.15) is 17.4 Å². The topological polar surface area (TPSA) is 103 Å². The van der Waals surface area contributed by atoms with Gasteiger partial charge in [0, 0.05) is 16.4 Å². The first-order chi connectivity index (χ1) is 18.3. The summed E-state index contributed by atoms with van der Waals surface area (Å²) < 4.78 is 21.4. The van der Waals surface area contributed by atoms with Crippen LogP contribution in [0.4, 0.5) is 14.9 Å². The van der Waals surface area contributed by atoms with Gasteiger partial charge < -0.3 is 15.0 Å². The molecular formula is C26H22ClFN4O5S. The normalized spacial score (nSPS) is 12.9. The van der Waals surface area contributed by atoms with Crippen molar-refractivity contribution in [3.8, 4) is 5.69 Å². The highest BCUT2D eigenvalue weighted by atomic mass is 35.5. The van der Waals surface area contributed by atoms with Gasteiger partial charge in [0.15, 0.2) is 0 Å². The summed E-state index contributed by atoms with van der Waals surface area (Å²) in [6, 6.07) is 11.9. The van der Waals surface area contributed by atoms with Gasteiger partial charge in [-0.05, 0) is 55.3 Å². The molecule has 4 aromatic rings. The summed E-state index contributed by atoms with van der Waals surface area (Å²) >= 11 is 7.18. The number of aromatic nitrogens is 2. The molecule has 12 heteroatoms. The number of rotatable bonds is 5. The highest BCUT2D eigenvalue weighted by Gasteiger charge is 2.29. The Morgan fingerprint density at radius 2 is 1.87 bits per heavy atom. The highest BCUT2D eigenvalue weighted by molar-refractivity contribution is 7.18. The number of hydrogen-bond acceptors (Lipinski definition) is 6. The van der Waals surface area contributed by atoms with Crippen molar-refractivity contribution in [3.63, 3.8) is 0 Å². The molecule has 0 atom stereocenters. The van der Waals surface area contributed by atoms with Crippen molar-refractivity contribution in [3.05, 3.63) is 90.6 Å². The van der Waals surface area contributed by atoms with Crippen molar-refractivity contribution >= 4 is 50.8 Å². The Labute approximate surface area is 224 Å². The Kier molecular flexibility index (Phi) is 7.04. The number of para-hydroxylation sites is 1. The Hall–Kier alpha value is -3.96. The van der Waals surface area contributed by atoms with Crippen molar-refractivity contribution in [2.45, 2.75) is 26.4 Å². The largest absolute Gasteiger partial charge is 0.450 e. The summed E-state index contributed by atoms with van der Waals surface area (Å²) in [5.74, 6) is -1.26. The van der Waals surface area contributed by atoms with Gasteiger partial charge in [-0.3, -0.25) is 14.2 Å². The molecule has 1 aliphatic heterocycles. The summed E-state index contributed by atoms with van der Waals surface area (Å²) in [7, 11) is 0. The van der Waals surface area contributed by atoms with Crippen LogP contribution in [0, 0.1) is 5.82 Å². The summed E-state index contributed by atoms with van der Waals surface area (Å²) in [6.45, 7) is 2.04. The summed E-state index contributed by atoms with van der Waals surface area (Å²) in [6.07, 6.45) is -0.0836. The molecule has 0 fully saturated rings. The van der Waals surface area contributed by atoms with E-state index in [0.29, 0.717) is 33.9 Å². The first-order valence-corrected chi connectivity index (χ1v) is 13.0. The van der Waals surface area contributed by atoms with Gasteiger partial charge in [-0.25, -0.2) is 18.5 Å². The number of ether oxygens (including phenoxy) is 1. The molecule has 38 heavy (non-hydrogen) atoms. The number of nitrogens with zero attached hydrogens (tertiary/aromatic N) is 3. The third-order valence-electron chi connectivity index (χ3n) is 6.18. The Bertz CT molecular complexity index is 1680. The first kappa shape index (κ1) is 25.7. The molecule has 0 saturated carbocycles. The van der Waals surface area contributed by atoms with Crippen LogP contribution in [0.3, 0.4) is 0 Å². The predicted molar refractivity (Wildman–Crippen MR) is 143 cm³/mol. The third-order valence-corrected chi connectivity index (χ3v) is 7.67. The molecular weight excluding hydrogens is 535 g/mol. The number of carbonyl (C=O) groups is 2. The number of hydrogen-bond donors (Lipinski definition) is 1. The molecule has 0 bridgehead atoms. The second-order valence-electron chi connectivity index (χ2n) is 8.57. The molecule has 0 aliphatic carbocycles. The number of fused-ring (bicyclic) bond motifs is 3. The number of thiophene rings is 1. The van der Waals surface area contributed by atoms with Crippen molar-refractivity contribution in [2.24, 2.45) is 0 Å². The summed E-state index contributed by atoms with van der Waals surface area (Å²) in [5.41, 5.74) is -0.266. The molecule has 2 aromatic carbocycles. The zero-order chi connectivity index (χ0) is 27.0. The minimum atomic E-state index is -0.727. The standard InChI is InChI=1S/C26H22ClFN4O5S/c1-2-37-26(36)30-12-11-17-20(13-30)38-24-22(17)23(34)32(16-9-7-15(27)8-10-16)25(35)31(24)14-21(33)29-19-6-4-3-5-18(19)28/h3-10H,2,11-14H2,1H3,(H,29,33). The van der Waals surface area contributed by atoms with E-state index < -0.39 is 35.6 Å². The van der Waals surface area contributed by atoms with Crippen molar-refractivity contribution < 1.29 is 18.7 Å². The fourth-order valence-corrected chi connectivity index (χ4v) is 5.90. The molecule has 0 radical (unpaired) electrons. The monoisotopic (exact) mass is 556 g/mol. The number of nitrogens with one attached hydrogen (secondary N) is 1. The Morgan fingerprint density at radius 1 is 1.13 bits per heavy atom. The van der Waals surface area contributed by atoms with Gasteiger partial charge in [-0.15, -0.1) is 11.3 Å². The number of anilines is 1. The molecule has 1 N–H and O–H groups in total. The predicted octanol–water partition coefficient (Wildman–Crippen LogP) is 4.16.